The Kier molecular flexibility index (Phi) is 3.00. The molecule has 0 fully saturated rings. The van der Waals surface area contributed by atoms with E-state index in [4.69, 9.17) is 5.53 Å². The molecular weight excluding hydrogens is 197 g/mol. The molecule has 0 amide bonds. The van der Waals surface area contributed by atoms with E-state index in [-0.39, 0.29) is 5.82 Å². The first-order valence-corrected chi connectivity index (χ1v) is 7.87. The third-order valence-corrected chi connectivity index (χ3v) is 3.98. The maximum atomic E-state index is 13.6. The minimum absolute atomic E-state index is 0.210. The second-order valence-electron chi connectivity index (χ2n) is 4.17. The molecule has 0 atom stereocenters. The van der Waals surface area contributed by atoms with Gasteiger partial charge in [-0.05, 0) is 17.3 Å². The second-order valence-corrected chi connectivity index (χ2v) is 9.21. The largest absolute Gasteiger partial charge is 0.260 e. The molecule has 0 heterocycles. The van der Waals surface area contributed by atoms with Gasteiger partial charge in [-0.25, -0.2) is 4.39 Å². The predicted octanol–water partition coefficient (Wildman–Crippen LogP) is 2.73. The van der Waals surface area contributed by atoms with Gasteiger partial charge in [-0.3, -0.25) is 5.43 Å². The summed E-state index contributed by atoms with van der Waals surface area (Å²) in [5, 5.41) is 3.78. The first-order chi connectivity index (χ1) is 6.45. The SMILES string of the molecule is C[Si](C)(C)c1ccc(NN=N)cc1F. The van der Waals surface area contributed by atoms with Gasteiger partial charge in [0.1, 0.15) is 5.82 Å². The molecule has 1 aromatic carbocycles. The van der Waals surface area contributed by atoms with Gasteiger partial charge < -0.3 is 0 Å². The molecule has 0 saturated heterocycles. The molecule has 1 aromatic rings. The highest BCUT2D eigenvalue weighted by Crippen LogP contribution is 2.12. The fourth-order valence-corrected chi connectivity index (χ4v) is 2.63. The lowest BCUT2D eigenvalue weighted by Crippen LogP contribution is -2.39. The van der Waals surface area contributed by atoms with E-state index in [9.17, 15) is 4.39 Å². The van der Waals surface area contributed by atoms with Gasteiger partial charge in [0.25, 0.3) is 0 Å². The van der Waals surface area contributed by atoms with Gasteiger partial charge in [0.2, 0.25) is 0 Å². The van der Waals surface area contributed by atoms with Crippen LogP contribution in [0.3, 0.4) is 0 Å². The van der Waals surface area contributed by atoms with E-state index >= 15 is 0 Å². The molecule has 5 heteroatoms. The zero-order chi connectivity index (χ0) is 10.8. The van der Waals surface area contributed by atoms with Crippen molar-refractivity contribution in [2.75, 3.05) is 5.43 Å². The molecule has 14 heavy (non-hydrogen) atoms. The standard InChI is InChI=1S/C9H14FN3Si/c1-14(2,3)9-5-4-7(12-13-11)6-8(9)10/h4-6H,1-3H3,(H2,11,12). The van der Waals surface area contributed by atoms with Crippen molar-refractivity contribution in [1.29, 1.82) is 5.53 Å². The fourth-order valence-electron chi connectivity index (χ4n) is 1.26. The second kappa shape index (κ2) is 3.87. The summed E-state index contributed by atoms with van der Waals surface area (Å²) in [6, 6.07) is 4.90. The van der Waals surface area contributed by atoms with Crippen LogP contribution in [-0.2, 0) is 0 Å². The number of hydrogen-bond donors (Lipinski definition) is 2. The van der Waals surface area contributed by atoms with Crippen LogP contribution in [0, 0.1) is 11.3 Å². The topological polar surface area (TPSA) is 48.2 Å². The molecule has 0 bridgehead atoms. The molecule has 0 unspecified atom stereocenters. The Morgan fingerprint density at radius 3 is 2.43 bits per heavy atom. The average molecular weight is 211 g/mol. The summed E-state index contributed by atoms with van der Waals surface area (Å²) in [5.74, 6) is -0.210. The van der Waals surface area contributed by atoms with Gasteiger partial charge in [0.05, 0.1) is 13.8 Å². The summed E-state index contributed by atoms with van der Waals surface area (Å²) in [6.45, 7) is 6.27. The number of hydrogen-bond acceptors (Lipinski definition) is 2. The van der Waals surface area contributed by atoms with Gasteiger partial charge in [0, 0.05) is 0 Å². The third kappa shape index (κ3) is 2.38. The van der Waals surface area contributed by atoms with Crippen LogP contribution in [0.4, 0.5) is 10.1 Å². The summed E-state index contributed by atoms with van der Waals surface area (Å²) in [7, 11) is -1.60. The summed E-state index contributed by atoms with van der Waals surface area (Å²) >= 11 is 0. The quantitative estimate of drug-likeness (QED) is 0.451. The molecule has 0 aliphatic carbocycles. The summed E-state index contributed by atoms with van der Waals surface area (Å²) in [5.41, 5.74) is 9.49. The number of nitrogens with zero attached hydrogens (tertiary/aromatic N) is 1. The van der Waals surface area contributed by atoms with Crippen molar-refractivity contribution >= 4 is 18.9 Å². The number of halogens is 1. The normalized spacial score (nSPS) is 11.1. The van der Waals surface area contributed by atoms with E-state index in [1.54, 1.807) is 12.1 Å². The number of anilines is 1. The van der Waals surface area contributed by atoms with Crippen LogP contribution < -0.4 is 10.6 Å². The van der Waals surface area contributed by atoms with Crippen LogP contribution in [-0.4, -0.2) is 8.07 Å². The molecule has 2 N–H and O–H groups in total. The number of rotatable bonds is 3. The Hall–Kier alpha value is -1.23. The Labute approximate surface area is 83.8 Å². The van der Waals surface area contributed by atoms with Crippen molar-refractivity contribution in [3.63, 3.8) is 0 Å². The van der Waals surface area contributed by atoms with E-state index < -0.39 is 8.07 Å². The van der Waals surface area contributed by atoms with Crippen LogP contribution in [0.5, 0.6) is 0 Å². The Morgan fingerprint density at radius 1 is 1.36 bits per heavy atom. The highest BCUT2D eigenvalue weighted by molar-refractivity contribution is 6.88. The zero-order valence-electron chi connectivity index (χ0n) is 8.56. The summed E-state index contributed by atoms with van der Waals surface area (Å²) in [6.07, 6.45) is 0. The van der Waals surface area contributed by atoms with Gasteiger partial charge >= 0.3 is 0 Å². The highest BCUT2D eigenvalue weighted by Gasteiger charge is 2.20. The Balaban J connectivity index is 3.07. The lowest BCUT2D eigenvalue weighted by molar-refractivity contribution is 0.635. The molecule has 0 spiro atoms. The first-order valence-electron chi connectivity index (χ1n) is 4.37. The van der Waals surface area contributed by atoms with Crippen molar-refractivity contribution in [2.45, 2.75) is 19.6 Å². The van der Waals surface area contributed by atoms with E-state index in [2.05, 4.69) is 30.3 Å². The number of benzene rings is 1. The molecule has 0 radical (unpaired) electrons. The summed E-state index contributed by atoms with van der Waals surface area (Å²) < 4.78 is 13.6. The molecule has 1 rings (SSSR count). The Morgan fingerprint density at radius 2 is 2.00 bits per heavy atom. The lowest BCUT2D eigenvalue weighted by Gasteiger charge is -2.17. The van der Waals surface area contributed by atoms with Crippen molar-refractivity contribution in [3.05, 3.63) is 24.0 Å². The maximum Gasteiger partial charge on any atom is 0.124 e. The highest BCUT2D eigenvalue weighted by atomic mass is 28.3. The third-order valence-electron chi connectivity index (χ3n) is 1.96. The minimum Gasteiger partial charge on any atom is -0.260 e. The lowest BCUT2D eigenvalue weighted by atomic mass is 10.3. The van der Waals surface area contributed by atoms with Crippen LogP contribution in [0.25, 0.3) is 0 Å². The maximum absolute atomic E-state index is 13.6. The van der Waals surface area contributed by atoms with Crippen molar-refractivity contribution in [2.24, 2.45) is 5.22 Å². The van der Waals surface area contributed by atoms with E-state index in [0.717, 1.165) is 5.19 Å². The molecule has 0 aromatic heterocycles. The van der Waals surface area contributed by atoms with Crippen LogP contribution >= 0.6 is 0 Å². The van der Waals surface area contributed by atoms with Gasteiger partial charge in [-0.1, -0.05) is 30.9 Å². The minimum atomic E-state index is -1.60. The fraction of sp³-hybridized carbons (Fsp3) is 0.333. The van der Waals surface area contributed by atoms with Gasteiger partial charge in [-0.15, -0.1) is 0 Å². The summed E-state index contributed by atoms with van der Waals surface area (Å²) in [4.78, 5) is 0. The van der Waals surface area contributed by atoms with Crippen molar-refractivity contribution in [3.8, 4) is 0 Å². The molecule has 0 aliphatic rings. The van der Waals surface area contributed by atoms with E-state index in [0.29, 0.717) is 5.69 Å². The van der Waals surface area contributed by atoms with Gasteiger partial charge in [-0.2, -0.15) is 5.53 Å². The smallest absolute Gasteiger partial charge is 0.124 e. The van der Waals surface area contributed by atoms with Gasteiger partial charge in [0.15, 0.2) is 0 Å². The predicted molar refractivity (Wildman–Crippen MR) is 58.2 cm³/mol. The zero-order valence-corrected chi connectivity index (χ0v) is 9.56. The number of nitrogens with one attached hydrogen (secondary N) is 2. The molecule has 0 aliphatic heterocycles. The molecule has 76 valence electrons. The molecule has 0 saturated carbocycles. The van der Waals surface area contributed by atoms with Crippen LogP contribution in [0.2, 0.25) is 19.6 Å². The Bertz CT molecular complexity index is 346. The van der Waals surface area contributed by atoms with Crippen LogP contribution in [0.1, 0.15) is 0 Å². The van der Waals surface area contributed by atoms with Crippen molar-refractivity contribution < 1.29 is 4.39 Å². The monoisotopic (exact) mass is 211 g/mol. The van der Waals surface area contributed by atoms with Crippen molar-refractivity contribution in [1.82, 2.24) is 0 Å². The average Bonchev–Trinajstić information content (AvgIpc) is 2.02. The molecular formula is C9H14FN3Si. The van der Waals surface area contributed by atoms with E-state index in [1.165, 1.54) is 6.07 Å². The van der Waals surface area contributed by atoms with Crippen LogP contribution in [0.15, 0.2) is 23.4 Å². The van der Waals surface area contributed by atoms with E-state index in [1.807, 2.05) is 0 Å². The first kappa shape index (κ1) is 10.8. The molecule has 3 nitrogen and oxygen atoms in total.